The number of nitrogens with one attached hydrogen (secondary N) is 1. The molecule has 3 rings (SSSR count). The van der Waals surface area contributed by atoms with E-state index >= 15 is 0 Å². The molecule has 1 N–H and O–H groups in total. The van der Waals surface area contributed by atoms with E-state index in [-0.39, 0.29) is 0 Å². The number of nitrogens with zero attached hydrogens (tertiary/aromatic N) is 2. The van der Waals surface area contributed by atoms with E-state index in [9.17, 15) is 0 Å². The molecule has 0 saturated heterocycles. The average molecular weight is 275 g/mol. The monoisotopic (exact) mass is 275 g/mol. The van der Waals surface area contributed by atoms with E-state index in [1.165, 1.54) is 44.1 Å². The number of rotatable bonds is 3. The molecule has 2 aromatic rings. The van der Waals surface area contributed by atoms with E-state index in [0.29, 0.717) is 0 Å². The summed E-state index contributed by atoms with van der Waals surface area (Å²) in [5.74, 6) is 0.880. The molecule has 19 heavy (non-hydrogen) atoms. The highest BCUT2D eigenvalue weighted by Gasteiger charge is 2.14. The smallest absolute Gasteiger partial charge is 0.179 e. The molecule has 102 valence electrons. The van der Waals surface area contributed by atoms with Crippen molar-refractivity contribution in [2.24, 2.45) is 5.92 Å². The zero-order valence-electron chi connectivity index (χ0n) is 11.5. The van der Waals surface area contributed by atoms with Crippen LogP contribution in [0.1, 0.15) is 44.1 Å². The molecule has 1 aliphatic rings. The highest BCUT2D eigenvalue weighted by molar-refractivity contribution is 7.71. The summed E-state index contributed by atoms with van der Waals surface area (Å²) in [6.45, 7) is 3.10. The molecule has 4 heteroatoms. The highest BCUT2D eigenvalue weighted by atomic mass is 32.1. The molecule has 1 saturated carbocycles. The number of aryl methyl sites for hydroxylation is 2. The molecule has 2 heterocycles. The molecule has 0 radical (unpaired) electrons. The fourth-order valence-electron chi connectivity index (χ4n) is 3.17. The number of fused-ring (bicyclic) bond motifs is 1. The lowest BCUT2D eigenvalue weighted by molar-refractivity contribution is 0.324. The van der Waals surface area contributed by atoms with Crippen molar-refractivity contribution in [3.8, 4) is 0 Å². The standard InChI is InChI=1S/C15H21N3S/c1-11-7-9-16-14-13(11)17-15(19)18(14)10-8-12-5-3-2-4-6-12/h7,9,12H,2-6,8,10H2,1H3,(H,17,19). The van der Waals surface area contributed by atoms with Crippen molar-refractivity contribution in [3.63, 3.8) is 0 Å². The molecule has 0 unspecified atom stereocenters. The van der Waals surface area contributed by atoms with Gasteiger partial charge in [0.15, 0.2) is 10.4 Å². The Kier molecular flexibility index (Phi) is 3.69. The molecule has 2 aromatic heterocycles. The third kappa shape index (κ3) is 2.59. The zero-order valence-corrected chi connectivity index (χ0v) is 12.3. The van der Waals surface area contributed by atoms with Crippen LogP contribution >= 0.6 is 12.2 Å². The largest absolute Gasteiger partial charge is 0.329 e. The van der Waals surface area contributed by atoms with Gasteiger partial charge in [-0.1, -0.05) is 32.1 Å². The Hall–Kier alpha value is -1.16. The second-order valence-electron chi connectivity index (χ2n) is 5.70. The molecular weight excluding hydrogens is 254 g/mol. The summed E-state index contributed by atoms with van der Waals surface area (Å²) in [5, 5.41) is 0. The van der Waals surface area contributed by atoms with E-state index in [0.717, 1.165) is 28.4 Å². The minimum absolute atomic E-state index is 0.813. The SMILES string of the molecule is Cc1ccnc2c1[nH]c(=S)n2CCC1CCCCC1. The van der Waals surface area contributed by atoms with Crippen LogP contribution in [0.4, 0.5) is 0 Å². The van der Waals surface area contributed by atoms with Crippen LogP contribution in [-0.2, 0) is 6.54 Å². The summed E-state index contributed by atoms with van der Waals surface area (Å²) in [7, 11) is 0. The van der Waals surface area contributed by atoms with Crippen molar-refractivity contribution in [2.75, 3.05) is 0 Å². The van der Waals surface area contributed by atoms with Gasteiger partial charge in [0.1, 0.15) is 0 Å². The number of pyridine rings is 1. The van der Waals surface area contributed by atoms with Crippen molar-refractivity contribution >= 4 is 23.4 Å². The number of aromatic amines is 1. The minimum Gasteiger partial charge on any atom is -0.329 e. The van der Waals surface area contributed by atoms with Crippen LogP contribution < -0.4 is 0 Å². The first-order chi connectivity index (χ1) is 9.25. The van der Waals surface area contributed by atoms with Crippen LogP contribution in [-0.4, -0.2) is 14.5 Å². The predicted octanol–water partition coefficient (Wildman–Crippen LogP) is 4.37. The number of hydrogen-bond acceptors (Lipinski definition) is 2. The normalized spacial score (nSPS) is 17.1. The first kappa shape index (κ1) is 12.9. The van der Waals surface area contributed by atoms with Crippen LogP contribution in [0.2, 0.25) is 0 Å². The minimum atomic E-state index is 0.813. The Morgan fingerprint density at radius 2 is 2.16 bits per heavy atom. The summed E-state index contributed by atoms with van der Waals surface area (Å²) in [5.41, 5.74) is 3.32. The second kappa shape index (κ2) is 5.45. The van der Waals surface area contributed by atoms with Gasteiger partial charge in [0.25, 0.3) is 0 Å². The lowest BCUT2D eigenvalue weighted by Crippen LogP contribution is -2.10. The first-order valence-electron chi connectivity index (χ1n) is 7.30. The molecule has 0 aliphatic heterocycles. The Morgan fingerprint density at radius 3 is 2.95 bits per heavy atom. The van der Waals surface area contributed by atoms with Crippen LogP contribution in [0.25, 0.3) is 11.2 Å². The fourth-order valence-corrected chi connectivity index (χ4v) is 3.45. The number of hydrogen-bond donors (Lipinski definition) is 1. The summed E-state index contributed by atoms with van der Waals surface area (Å²) in [6.07, 6.45) is 10.1. The third-order valence-electron chi connectivity index (χ3n) is 4.36. The van der Waals surface area contributed by atoms with Crippen molar-refractivity contribution < 1.29 is 0 Å². The number of aromatic nitrogens is 3. The molecule has 1 aliphatic carbocycles. The predicted molar refractivity (Wildman–Crippen MR) is 80.8 cm³/mol. The Bertz CT molecular complexity index is 620. The van der Waals surface area contributed by atoms with Crippen molar-refractivity contribution in [1.29, 1.82) is 0 Å². The van der Waals surface area contributed by atoms with Crippen LogP contribution in [0.3, 0.4) is 0 Å². The van der Waals surface area contributed by atoms with Crippen LogP contribution in [0, 0.1) is 17.6 Å². The lowest BCUT2D eigenvalue weighted by Gasteiger charge is -2.21. The zero-order chi connectivity index (χ0) is 13.2. The van der Waals surface area contributed by atoms with Gasteiger partial charge in [-0.05, 0) is 43.1 Å². The molecular formula is C15H21N3S. The fraction of sp³-hybridized carbons (Fsp3) is 0.600. The summed E-state index contributed by atoms with van der Waals surface area (Å²) >= 11 is 5.45. The van der Waals surface area contributed by atoms with E-state index in [1.807, 2.05) is 12.3 Å². The molecule has 0 amide bonds. The number of imidazole rings is 1. The summed E-state index contributed by atoms with van der Waals surface area (Å²) in [6, 6.07) is 2.03. The van der Waals surface area contributed by atoms with Gasteiger partial charge in [-0.3, -0.25) is 0 Å². The van der Waals surface area contributed by atoms with E-state index in [2.05, 4.69) is 21.5 Å². The Morgan fingerprint density at radius 1 is 1.37 bits per heavy atom. The van der Waals surface area contributed by atoms with Crippen molar-refractivity contribution in [1.82, 2.24) is 14.5 Å². The third-order valence-corrected chi connectivity index (χ3v) is 4.68. The van der Waals surface area contributed by atoms with Gasteiger partial charge in [0, 0.05) is 12.7 Å². The van der Waals surface area contributed by atoms with Crippen molar-refractivity contribution in [3.05, 3.63) is 22.6 Å². The summed E-state index contributed by atoms with van der Waals surface area (Å²) < 4.78 is 2.99. The maximum atomic E-state index is 5.45. The first-order valence-corrected chi connectivity index (χ1v) is 7.70. The Labute approximate surface area is 119 Å². The van der Waals surface area contributed by atoms with Gasteiger partial charge in [0.05, 0.1) is 5.52 Å². The van der Waals surface area contributed by atoms with Crippen molar-refractivity contribution in [2.45, 2.75) is 52.0 Å². The molecule has 1 fully saturated rings. The van der Waals surface area contributed by atoms with Gasteiger partial charge in [-0.25, -0.2) is 4.98 Å². The number of H-pyrrole nitrogens is 1. The van der Waals surface area contributed by atoms with Crippen LogP contribution in [0.15, 0.2) is 12.3 Å². The maximum Gasteiger partial charge on any atom is 0.179 e. The van der Waals surface area contributed by atoms with E-state index < -0.39 is 0 Å². The molecule has 0 bridgehead atoms. The van der Waals surface area contributed by atoms with E-state index in [1.54, 1.807) is 0 Å². The topological polar surface area (TPSA) is 33.6 Å². The van der Waals surface area contributed by atoms with Gasteiger partial charge in [-0.2, -0.15) is 0 Å². The quantitative estimate of drug-likeness (QED) is 0.844. The molecule has 3 nitrogen and oxygen atoms in total. The highest BCUT2D eigenvalue weighted by Crippen LogP contribution is 2.27. The molecule has 0 atom stereocenters. The molecule has 0 spiro atoms. The average Bonchev–Trinajstić information content (AvgIpc) is 2.75. The second-order valence-corrected chi connectivity index (χ2v) is 6.09. The van der Waals surface area contributed by atoms with Gasteiger partial charge in [-0.15, -0.1) is 0 Å². The van der Waals surface area contributed by atoms with Crippen LogP contribution in [0.5, 0.6) is 0 Å². The molecule has 0 aromatic carbocycles. The lowest BCUT2D eigenvalue weighted by atomic mass is 9.87. The summed E-state index contributed by atoms with van der Waals surface area (Å²) in [4.78, 5) is 7.79. The van der Waals surface area contributed by atoms with Gasteiger partial charge >= 0.3 is 0 Å². The van der Waals surface area contributed by atoms with E-state index in [4.69, 9.17) is 12.2 Å². The van der Waals surface area contributed by atoms with Gasteiger partial charge < -0.3 is 9.55 Å². The maximum absolute atomic E-state index is 5.45. The Balaban J connectivity index is 1.82. The van der Waals surface area contributed by atoms with Gasteiger partial charge in [0.2, 0.25) is 0 Å².